The molecule has 0 saturated heterocycles. The van der Waals surface area contributed by atoms with Gasteiger partial charge in [-0.05, 0) is 24.3 Å². The highest BCUT2D eigenvalue weighted by atomic mass is 16.2. The largest absolute Gasteiger partial charge is 0.331 e. The summed E-state index contributed by atoms with van der Waals surface area (Å²) in [5, 5.41) is 0.533. The Balaban J connectivity index is 2.27. The normalized spacial score (nSPS) is 10.8. The first-order valence-electron chi connectivity index (χ1n) is 6.27. The number of aryl methyl sites for hydroxylation is 1. The van der Waals surface area contributed by atoms with Gasteiger partial charge in [0.15, 0.2) is 0 Å². The fourth-order valence-corrected chi connectivity index (χ4v) is 2.26. The molecular formula is C15H13N3O2. The van der Waals surface area contributed by atoms with Crippen LogP contribution in [0.2, 0.25) is 0 Å². The SMILES string of the molecule is Cn1c(=O)n(Cc2ccccn2)c(=O)c2ccccc21. The van der Waals surface area contributed by atoms with Gasteiger partial charge in [0.2, 0.25) is 0 Å². The third-order valence-corrected chi connectivity index (χ3v) is 3.31. The Morgan fingerprint density at radius 1 is 1.05 bits per heavy atom. The minimum atomic E-state index is -0.334. The first kappa shape index (κ1) is 12.3. The van der Waals surface area contributed by atoms with E-state index in [4.69, 9.17) is 0 Å². The molecule has 0 spiro atoms. The van der Waals surface area contributed by atoms with E-state index in [0.717, 1.165) is 0 Å². The van der Waals surface area contributed by atoms with E-state index < -0.39 is 0 Å². The van der Waals surface area contributed by atoms with Gasteiger partial charge in [0.1, 0.15) is 0 Å². The van der Waals surface area contributed by atoms with Gasteiger partial charge in [0.05, 0.1) is 23.1 Å². The van der Waals surface area contributed by atoms with E-state index >= 15 is 0 Å². The quantitative estimate of drug-likeness (QED) is 0.699. The molecule has 5 nitrogen and oxygen atoms in total. The minimum absolute atomic E-state index is 0.178. The number of hydrogen-bond donors (Lipinski definition) is 0. The Bertz CT molecular complexity index is 879. The highest BCUT2D eigenvalue weighted by Gasteiger charge is 2.10. The third-order valence-electron chi connectivity index (χ3n) is 3.31. The number of aromatic nitrogens is 3. The lowest BCUT2D eigenvalue weighted by molar-refractivity contribution is 0.651. The number of para-hydroxylation sites is 1. The van der Waals surface area contributed by atoms with Gasteiger partial charge in [0.25, 0.3) is 5.56 Å². The Labute approximate surface area is 114 Å². The van der Waals surface area contributed by atoms with E-state index in [1.807, 2.05) is 12.1 Å². The van der Waals surface area contributed by atoms with Gasteiger partial charge in [-0.3, -0.25) is 18.9 Å². The van der Waals surface area contributed by atoms with Crippen molar-refractivity contribution >= 4 is 10.9 Å². The fraction of sp³-hybridized carbons (Fsp3) is 0.133. The smallest absolute Gasteiger partial charge is 0.296 e. The summed E-state index contributed by atoms with van der Waals surface area (Å²) < 4.78 is 2.70. The molecular weight excluding hydrogens is 254 g/mol. The first-order chi connectivity index (χ1) is 9.68. The fourth-order valence-electron chi connectivity index (χ4n) is 2.26. The zero-order valence-electron chi connectivity index (χ0n) is 11.0. The van der Waals surface area contributed by atoms with Crippen molar-refractivity contribution in [2.75, 3.05) is 0 Å². The van der Waals surface area contributed by atoms with E-state index in [-0.39, 0.29) is 17.8 Å². The predicted molar refractivity (Wildman–Crippen MR) is 76.8 cm³/mol. The topological polar surface area (TPSA) is 56.9 Å². The van der Waals surface area contributed by atoms with Crippen LogP contribution in [-0.2, 0) is 13.6 Å². The molecule has 0 bridgehead atoms. The summed E-state index contributed by atoms with van der Waals surface area (Å²) in [4.78, 5) is 28.9. The molecule has 0 atom stereocenters. The van der Waals surface area contributed by atoms with Crippen LogP contribution in [0.4, 0.5) is 0 Å². The van der Waals surface area contributed by atoms with Crippen molar-refractivity contribution in [3.05, 3.63) is 75.2 Å². The first-order valence-corrected chi connectivity index (χ1v) is 6.27. The second-order valence-corrected chi connectivity index (χ2v) is 4.57. The Kier molecular flexibility index (Phi) is 2.95. The summed E-state index contributed by atoms with van der Waals surface area (Å²) in [6.07, 6.45) is 1.64. The molecule has 20 heavy (non-hydrogen) atoms. The van der Waals surface area contributed by atoms with Crippen LogP contribution >= 0.6 is 0 Å². The average Bonchev–Trinajstić information content (AvgIpc) is 2.50. The maximum Gasteiger partial charge on any atom is 0.331 e. The molecule has 0 aliphatic rings. The summed E-state index contributed by atoms with van der Waals surface area (Å²) in [5.74, 6) is 0. The molecule has 0 radical (unpaired) electrons. The van der Waals surface area contributed by atoms with E-state index in [1.54, 1.807) is 43.6 Å². The summed E-state index contributed by atoms with van der Waals surface area (Å²) in [6.45, 7) is 0.178. The van der Waals surface area contributed by atoms with Gasteiger partial charge in [-0.15, -0.1) is 0 Å². The van der Waals surface area contributed by atoms with Gasteiger partial charge in [-0.2, -0.15) is 0 Å². The minimum Gasteiger partial charge on any atom is -0.296 e. The lowest BCUT2D eigenvalue weighted by Crippen LogP contribution is -2.39. The molecule has 0 saturated carbocycles. The number of rotatable bonds is 2. The predicted octanol–water partition coefficient (Wildman–Crippen LogP) is 1.14. The second-order valence-electron chi connectivity index (χ2n) is 4.57. The van der Waals surface area contributed by atoms with Crippen LogP contribution < -0.4 is 11.2 Å². The van der Waals surface area contributed by atoms with E-state index in [1.165, 1.54) is 9.13 Å². The van der Waals surface area contributed by atoms with Gasteiger partial charge >= 0.3 is 5.69 Å². The molecule has 100 valence electrons. The summed E-state index contributed by atoms with van der Waals surface area (Å²) in [7, 11) is 1.67. The molecule has 0 unspecified atom stereocenters. The summed E-state index contributed by atoms with van der Waals surface area (Å²) in [5.41, 5.74) is 0.704. The van der Waals surface area contributed by atoms with E-state index in [9.17, 15) is 9.59 Å². The molecule has 0 N–H and O–H groups in total. The van der Waals surface area contributed by atoms with E-state index in [0.29, 0.717) is 16.6 Å². The molecule has 2 heterocycles. The monoisotopic (exact) mass is 267 g/mol. The van der Waals surface area contributed by atoms with Crippen LogP contribution in [-0.4, -0.2) is 14.1 Å². The number of pyridine rings is 1. The maximum atomic E-state index is 12.4. The number of fused-ring (bicyclic) bond motifs is 1. The molecule has 1 aromatic carbocycles. The van der Waals surface area contributed by atoms with Crippen LogP contribution in [0, 0.1) is 0 Å². The molecule has 3 rings (SSSR count). The molecule has 0 amide bonds. The van der Waals surface area contributed by atoms with Gasteiger partial charge in [0, 0.05) is 13.2 Å². The van der Waals surface area contributed by atoms with Crippen LogP contribution in [0.5, 0.6) is 0 Å². The Morgan fingerprint density at radius 2 is 1.80 bits per heavy atom. The van der Waals surface area contributed by atoms with Crippen molar-refractivity contribution < 1.29 is 0 Å². The van der Waals surface area contributed by atoms with Gasteiger partial charge < -0.3 is 0 Å². The Hall–Kier alpha value is -2.69. The number of hydrogen-bond acceptors (Lipinski definition) is 3. The van der Waals surface area contributed by atoms with E-state index in [2.05, 4.69) is 4.98 Å². The number of nitrogens with zero attached hydrogens (tertiary/aromatic N) is 3. The molecule has 5 heteroatoms. The maximum absolute atomic E-state index is 12.4. The van der Waals surface area contributed by atoms with Crippen molar-refractivity contribution in [3.63, 3.8) is 0 Å². The molecule has 0 aliphatic heterocycles. The van der Waals surface area contributed by atoms with Crippen molar-refractivity contribution in [2.24, 2.45) is 7.05 Å². The highest BCUT2D eigenvalue weighted by Crippen LogP contribution is 2.06. The van der Waals surface area contributed by atoms with Crippen molar-refractivity contribution in [1.82, 2.24) is 14.1 Å². The van der Waals surface area contributed by atoms with Crippen molar-refractivity contribution in [2.45, 2.75) is 6.54 Å². The molecule has 0 fully saturated rings. The van der Waals surface area contributed by atoms with Crippen molar-refractivity contribution in [1.29, 1.82) is 0 Å². The molecule has 2 aromatic heterocycles. The van der Waals surface area contributed by atoms with Gasteiger partial charge in [-0.25, -0.2) is 4.79 Å². The van der Waals surface area contributed by atoms with Crippen LogP contribution in [0.3, 0.4) is 0 Å². The van der Waals surface area contributed by atoms with Crippen LogP contribution in [0.15, 0.2) is 58.3 Å². The molecule has 0 aliphatic carbocycles. The van der Waals surface area contributed by atoms with Crippen molar-refractivity contribution in [3.8, 4) is 0 Å². The van der Waals surface area contributed by atoms with Crippen LogP contribution in [0.1, 0.15) is 5.69 Å². The average molecular weight is 267 g/mol. The lowest BCUT2D eigenvalue weighted by Gasteiger charge is -2.10. The third kappa shape index (κ3) is 1.93. The second kappa shape index (κ2) is 4.77. The van der Waals surface area contributed by atoms with Gasteiger partial charge in [-0.1, -0.05) is 18.2 Å². The standard InChI is InChI=1S/C15H13N3O2/c1-17-13-8-3-2-7-12(13)14(19)18(15(17)20)10-11-6-4-5-9-16-11/h2-9H,10H2,1H3. The summed E-state index contributed by atoms with van der Waals surface area (Å²) in [6, 6.07) is 12.5. The van der Waals surface area contributed by atoms with Crippen LogP contribution in [0.25, 0.3) is 10.9 Å². The Morgan fingerprint density at radius 3 is 2.55 bits per heavy atom. The summed E-state index contributed by atoms with van der Waals surface area (Å²) >= 11 is 0. The lowest BCUT2D eigenvalue weighted by atomic mass is 10.2. The zero-order chi connectivity index (χ0) is 14.1. The molecule has 3 aromatic rings. The zero-order valence-corrected chi connectivity index (χ0v) is 11.0. The highest BCUT2D eigenvalue weighted by molar-refractivity contribution is 5.77. The number of benzene rings is 1.